The van der Waals surface area contributed by atoms with Gasteiger partial charge in [-0.25, -0.2) is 0 Å². The number of halogens is 24. The van der Waals surface area contributed by atoms with Crippen molar-refractivity contribution in [1.29, 1.82) is 0 Å². The fraction of sp³-hybridized carbons (Fsp3) is 0. The van der Waals surface area contributed by atoms with E-state index in [1.54, 1.807) is 0 Å². The SMILES string of the molecule is F[B-](F)(F)F.F[B-](F)(F)F.F[B-](F)(F)F.F[B-](F)(F)F.F[B-](F)(F)F.F[B-](F)(F)F.[Ca]. The molecule has 0 atom stereocenters. The Bertz CT molecular complexity index is 214. The molecule has 0 rings (SSSR count). The third-order valence-corrected chi connectivity index (χ3v) is 0. The van der Waals surface area contributed by atoms with Crippen molar-refractivity contribution in [3.05, 3.63) is 0 Å². The minimum atomic E-state index is -6.00. The van der Waals surface area contributed by atoms with Crippen LogP contribution in [-0.4, -0.2) is 81.3 Å². The van der Waals surface area contributed by atoms with Crippen LogP contribution in [0, 0.1) is 0 Å². The second kappa shape index (κ2) is 19.4. The van der Waals surface area contributed by atoms with Crippen molar-refractivity contribution >= 4 is 81.3 Å². The monoisotopic (exact) mass is 562 g/mol. The van der Waals surface area contributed by atoms with Gasteiger partial charge in [0.2, 0.25) is 0 Å². The van der Waals surface area contributed by atoms with Crippen molar-refractivity contribution in [3.8, 4) is 0 Å². The fourth-order valence-electron chi connectivity index (χ4n) is 0. The number of rotatable bonds is 0. The van der Waals surface area contributed by atoms with Crippen molar-refractivity contribution in [2.75, 3.05) is 0 Å². The quantitative estimate of drug-likeness (QED) is 0.214. The zero-order valence-electron chi connectivity index (χ0n) is 13.2. The van der Waals surface area contributed by atoms with Crippen LogP contribution in [0.4, 0.5) is 104 Å². The Hall–Kier alpha value is -0.0306. The van der Waals surface area contributed by atoms with Crippen LogP contribution in [0.1, 0.15) is 0 Å². The van der Waals surface area contributed by atoms with Gasteiger partial charge in [0.25, 0.3) is 0 Å². The van der Waals surface area contributed by atoms with Crippen LogP contribution in [0.25, 0.3) is 0 Å². The molecule has 0 nitrogen and oxygen atoms in total. The van der Waals surface area contributed by atoms with E-state index in [9.17, 15) is 104 Å². The standard InChI is InChI=1S/6BF4.Ca/c6*2-1(3,4)5;/q6*-1;. The Balaban J connectivity index is -0.0000000443. The van der Waals surface area contributed by atoms with E-state index in [1.165, 1.54) is 0 Å². The van der Waals surface area contributed by atoms with Crippen LogP contribution in [-0.2, 0) is 0 Å². The van der Waals surface area contributed by atoms with Gasteiger partial charge in [-0.2, -0.15) is 0 Å². The summed E-state index contributed by atoms with van der Waals surface area (Å²) in [6.45, 7) is 0. The maximum atomic E-state index is 9.75. The molecular weight excluding hydrogens is 561 g/mol. The molecule has 0 spiro atoms. The van der Waals surface area contributed by atoms with Crippen LogP contribution in [0.5, 0.6) is 0 Å². The maximum absolute atomic E-state index is 9.75. The molecule has 0 saturated carbocycles. The Morgan fingerprint density at radius 1 is 0.161 bits per heavy atom. The summed E-state index contributed by atoms with van der Waals surface area (Å²) in [5, 5.41) is 0. The zero-order chi connectivity index (χ0) is 27.0. The van der Waals surface area contributed by atoms with Gasteiger partial charge in [0, 0.05) is 37.7 Å². The second-order valence-electron chi connectivity index (χ2n) is 2.97. The van der Waals surface area contributed by atoms with Gasteiger partial charge >= 0.3 is 43.5 Å². The summed E-state index contributed by atoms with van der Waals surface area (Å²) in [6.07, 6.45) is 0. The topological polar surface area (TPSA) is 0 Å². The first-order valence-electron chi connectivity index (χ1n) is 5.24. The maximum Gasteiger partial charge on any atom is 0.673 e. The van der Waals surface area contributed by atoms with E-state index in [2.05, 4.69) is 0 Å². The van der Waals surface area contributed by atoms with Crippen LogP contribution >= 0.6 is 0 Å². The second-order valence-corrected chi connectivity index (χ2v) is 2.97. The van der Waals surface area contributed by atoms with Gasteiger partial charge in [-0.3, -0.25) is 0 Å². The van der Waals surface area contributed by atoms with Crippen LogP contribution in [0.3, 0.4) is 0 Å². The molecule has 0 aromatic heterocycles. The van der Waals surface area contributed by atoms with Gasteiger partial charge in [0.15, 0.2) is 0 Å². The Labute approximate surface area is 185 Å². The predicted molar refractivity (Wildman–Crippen MR) is 66.9 cm³/mol. The van der Waals surface area contributed by atoms with Crippen molar-refractivity contribution in [3.63, 3.8) is 0 Å². The molecule has 0 amide bonds. The first-order valence-corrected chi connectivity index (χ1v) is 5.24. The molecule has 0 N–H and O–H groups in total. The molecule has 0 aliphatic rings. The van der Waals surface area contributed by atoms with Crippen LogP contribution in [0.2, 0.25) is 0 Å². The van der Waals surface area contributed by atoms with E-state index >= 15 is 0 Å². The van der Waals surface area contributed by atoms with Crippen molar-refractivity contribution in [1.82, 2.24) is 0 Å². The summed E-state index contributed by atoms with van der Waals surface area (Å²) >= 11 is 0. The third-order valence-electron chi connectivity index (χ3n) is 0. The van der Waals surface area contributed by atoms with Gasteiger partial charge < -0.3 is 104 Å². The van der Waals surface area contributed by atoms with Crippen LogP contribution in [0.15, 0.2) is 0 Å². The van der Waals surface area contributed by atoms with Gasteiger partial charge in [0.05, 0.1) is 0 Å². The average molecular weight is 561 g/mol. The van der Waals surface area contributed by atoms with Crippen molar-refractivity contribution in [2.45, 2.75) is 0 Å². The minimum absolute atomic E-state index is 0. The summed E-state index contributed by atoms with van der Waals surface area (Å²) in [6, 6.07) is 0. The predicted octanol–water partition coefficient (Wildman–Crippen LogP) is 7.42. The van der Waals surface area contributed by atoms with Gasteiger partial charge in [-0.15, -0.1) is 0 Å². The molecule has 0 heterocycles. The summed E-state index contributed by atoms with van der Waals surface area (Å²) in [5.74, 6) is 0. The van der Waals surface area contributed by atoms with E-state index < -0.39 is 43.5 Å². The molecule has 0 fully saturated rings. The molecule has 0 aliphatic carbocycles. The van der Waals surface area contributed by atoms with E-state index in [0.717, 1.165) is 0 Å². The fourth-order valence-corrected chi connectivity index (χ4v) is 0. The first kappa shape index (κ1) is 48.4. The van der Waals surface area contributed by atoms with Crippen LogP contribution < -0.4 is 0 Å². The smallest absolute Gasteiger partial charge is 0.418 e. The normalized spacial score (nSPS) is 11.6. The Morgan fingerprint density at radius 3 is 0.161 bits per heavy atom. The number of hydrogen-bond donors (Lipinski definition) is 0. The molecule has 0 unspecified atom stereocenters. The molecule has 0 aromatic rings. The molecule has 31 heavy (non-hydrogen) atoms. The average Bonchev–Trinajstić information content (AvgIpc) is 1.94. The zero-order valence-corrected chi connectivity index (χ0v) is 15.5. The van der Waals surface area contributed by atoms with E-state index in [4.69, 9.17) is 0 Å². The molecule has 0 aromatic carbocycles. The summed E-state index contributed by atoms with van der Waals surface area (Å²) in [7, 11) is -36.0. The minimum Gasteiger partial charge on any atom is -0.418 e. The molecule has 0 aliphatic heterocycles. The molecular formula is B6CaF24-6. The molecule has 194 valence electrons. The Kier molecular flexibility index (Phi) is 30.4. The first-order chi connectivity index (χ1) is 12.0. The third kappa shape index (κ3) is 25000000. The summed E-state index contributed by atoms with van der Waals surface area (Å²) < 4.78 is 234. The van der Waals surface area contributed by atoms with E-state index in [0.29, 0.717) is 0 Å². The largest absolute Gasteiger partial charge is 0.673 e. The summed E-state index contributed by atoms with van der Waals surface area (Å²) in [5.41, 5.74) is 0. The molecule has 0 bridgehead atoms. The summed E-state index contributed by atoms with van der Waals surface area (Å²) in [4.78, 5) is 0. The van der Waals surface area contributed by atoms with E-state index in [-0.39, 0.29) is 37.7 Å². The Morgan fingerprint density at radius 2 is 0.161 bits per heavy atom. The molecule has 31 heteroatoms. The number of hydrogen-bond acceptors (Lipinski definition) is 0. The van der Waals surface area contributed by atoms with Crippen molar-refractivity contribution in [2.24, 2.45) is 0 Å². The van der Waals surface area contributed by atoms with Gasteiger partial charge in [-0.05, 0) is 0 Å². The van der Waals surface area contributed by atoms with Gasteiger partial charge in [0.1, 0.15) is 0 Å². The van der Waals surface area contributed by atoms with Gasteiger partial charge in [-0.1, -0.05) is 0 Å². The van der Waals surface area contributed by atoms with E-state index in [1.807, 2.05) is 0 Å². The molecule has 2 radical (unpaired) electrons. The van der Waals surface area contributed by atoms with Crippen molar-refractivity contribution < 1.29 is 104 Å². The molecule has 0 saturated heterocycles.